The van der Waals surface area contributed by atoms with Gasteiger partial charge in [0.25, 0.3) is 0 Å². The Morgan fingerprint density at radius 3 is 2.05 bits per heavy atom. The number of halogens is 4. The van der Waals surface area contributed by atoms with Gasteiger partial charge in [-0.1, -0.05) is 23.8 Å². The van der Waals surface area contributed by atoms with Crippen molar-refractivity contribution < 1.29 is 22.7 Å². The Bertz CT molecular complexity index is 612. The first kappa shape index (κ1) is 13.5. The lowest BCUT2D eigenvalue weighted by molar-refractivity contribution is 0.282. The van der Waals surface area contributed by atoms with Gasteiger partial charge in [-0.2, -0.15) is 0 Å². The molecular weight excluding hydrogens is 260 g/mol. The second kappa shape index (κ2) is 5.01. The highest BCUT2D eigenvalue weighted by molar-refractivity contribution is 5.69. The van der Waals surface area contributed by atoms with E-state index in [-0.39, 0.29) is 17.2 Å². The monoisotopic (exact) mass is 270 g/mol. The van der Waals surface area contributed by atoms with Crippen molar-refractivity contribution in [2.24, 2.45) is 0 Å². The van der Waals surface area contributed by atoms with Crippen LogP contribution in [0.5, 0.6) is 0 Å². The summed E-state index contributed by atoms with van der Waals surface area (Å²) in [4.78, 5) is 0. The molecule has 2 aromatic rings. The summed E-state index contributed by atoms with van der Waals surface area (Å²) in [6, 6.07) is 4.60. The van der Waals surface area contributed by atoms with Crippen molar-refractivity contribution in [3.8, 4) is 11.1 Å². The van der Waals surface area contributed by atoms with Crippen molar-refractivity contribution in [1.82, 2.24) is 0 Å². The molecule has 1 N–H and O–H groups in total. The molecule has 0 amide bonds. The van der Waals surface area contributed by atoms with Crippen molar-refractivity contribution >= 4 is 0 Å². The Balaban J connectivity index is 2.82. The minimum Gasteiger partial charge on any atom is -0.392 e. The first-order chi connectivity index (χ1) is 8.95. The minimum atomic E-state index is -1.47. The van der Waals surface area contributed by atoms with Crippen molar-refractivity contribution in [1.29, 1.82) is 0 Å². The van der Waals surface area contributed by atoms with Gasteiger partial charge in [0, 0.05) is 6.07 Å². The molecule has 0 aliphatic carbocycles. The third-order valence-electron chi connectivity index (χ3n) is 2.82. The van der Waals surface area contributed by atoms with Gasteiger partial charge in [0.05, 0.1) is 12.2 Å². The van der Waals surface area contributed by atoms with E-state index in [1.54, 1.807) is 13.0 Å². The van der Waals surface area contributed by atoms with E-state index in [0.717, 1.165) is 0 Å². The summed E-state index contributed by atoms with van der Waals surface area (Å²) >= 11 is 0. The van der Waals surface area contributed by atoms with Crippen molar-refractivity contribution in [2.45, 2.75) is 13.5 Å². The van der Waals surface area contributed by atoms with Crippen LogP contribution in [-0.4, -0.2) is 5.11 Å². The average molecular weight is 270 g/mol. The number of rotatable bonds is 2. The fraction of sp³-hybridized carbons (Fsp3) is 0.143. The molecule has 0 aromatic heterocycles. The van der Waals surface area contributed by atoms with Gasteiger partial charge in [-0.05, 0) is 18.1 Å². The molecule has 2 rings (SSSR count). The first-order valence-corrected chi connectivity index (χ1v) is 5.49. The molecule has 0 saturated carbocycles. The molecule has 2 aromatic carbocycles. The van der Waals surface area contributed by atoms with Crippen LogP contribution >= 0.6 is 0 Å². The molecule has 1 nitrogen and oxygen atoms in total. The van der Waals surface area contributed by atoms with E-state index in [4.69, 9.17) is 5.11 Å². The summed E-state index contributed by atoms with van der Waals surface area (Å²) in [5.41, 5.74) is -0.0229. The Morgan fingerprint density at radius 1 is 0.947 bits per heavy atom. The fourth-order valence-electron chi connectivity index (χ4n) is 1.87. The van der Waals surface area contributed by atoms with Crippen LogP contribution in [-0.2, 0) is 6.61 Å². The van der Waals surface area contributed by atoms with E-state index < -0.39 is 35.4 Å². The van der Waals surface area contributed by atoms with E-state index in [2.05, 4.69) is 0 Å². The van der Waals surface area contributed by atoms with E-state index in [1.807, 2.05) is 0 Å². The highest BCUT2D eigenvalue weighted by Gasteiger charge is 2.22. The molecule has 0 bridgehead atoms. The molecule has 0 saturated heterocycles. The number of aliphatic hydroxyl groups is 1. The van der Waals surface area contributed by atoms with Crippen LogP contribution in [0, 0.1) is 30.2 Å². The SMILES string of the molecule is Cc1ccc(CO)c(-c2c(F)c(F)cc(F)c2F)c1. The number of hydrogen-bond donors (Lipinski definition) is 1. The van der Waals surface area contributed by atoms with E-state index in [9.17, 15) is 17.6 Å². The van der Waals surface area contributed by atoms with Crippen molar-refractivity contribution in [3.05, 3.63) is 58.7 Å². The average Bonchev–Trinajstić information content (AvgIpc) is 2.37. The topological polar surface area (TPSA) is 20.2 Å². The van der Waals surface area contributed by atoms with E-state index in [0.29, 0.717) is 5.56 Å². The Labute approximate surface area is 107 Å². The number of hydrogen-bond acceptors (Lipinski definition) is 1. The zero-order valence-electron chi connectivity index (χ0n) is 9.98. The summed E-state index contributed by atoms with van der Waals surface area (Å²) in [6.45, 7) is 1.17. The van der Waals surface area contributed by atoms with Crippen LogP contribution in [0.25, 0.3) is 11.1 Å². The molecule has 0 fully saturated rings. The molecular formula is C14H10F4O. The summed E-state index contributed by atoms with van der Waals surface area (Å²) < 4.78 is 53.8. The number of aryl methyl sites for hydroxylation is 1. The highest BCUT2D eigenvalue weighted by atomic mass is 19.2. The summed E-state index contributed by atoms with van der Waals surface area (Å²) in [5, 5.41) is 9.16. The molecule has 0 aliphatic heterocycles. The Morgan fingerprint density at radius 2 is 1.53 bits per heavy atom. The normalized spacial score (nSPS) is 10.8. The van der Waals surface area contributed by atoms with Gasteiger partial charge in [-0.3, -0.25) is 0 Å². The second-order valence-electron chi connectivity index (χ2n) is 4.16. The third-order valence-corrected chi connectivity index (χ3v) is 2.82. The van der Waals surface area contributed by atoms with Crippen LogP contribution in [0.15, 0.2) is 24.3 Å². The zero-order valence-corrected chi connectivity index (χ0v) is 9.98. The van der Waals surface area contributed by atoms with E-state index >= 15 is 0 Å². The smallest absolute Gasteiger partial charge is 0.169 e. The fourth-order valence-corrected chi connectivity index (χ4v) is 1.87. The van der Waals surface area contributed by atoms with Crippen LogP contribution in [0.1, 0.15) is 11.1 Å². The van der Waals surface area contributed by atoms with Crippen molar-refractivity contribution in [3.63, 3.8) is 0 Å². The van der Waals surface area contributed by atoms with Crippen LogP contribution in [0.2, 0.25) is 0 Å². The number of benzene rings is 2. The lowest BCUT2D eigenvalue weighted by atomic mass is 9.96. The van der Waals surface area contributed by atoms with Crippen LogP contribution in [0.4, 0.5) is 17.6 Å². The maximum atomic E-state index is 13.7. The zero-order chi connectivity index (χ0) is 14.2. The summed E-state index contributed by atoms with van der Waals surface area (Å²) in [7, 11) is 0. The maximum Gasteiger partial charge on any atom is 0.169 e. The molecule has 19 heavy (non-hydrogen) atoms. The van der Waals surface area contributed by atoms with Gasteiger partial charge in [0.1, 0.15) is 0 Å². The quantitative estimate of drug-likeness (QED) is 0.651. The molecule has 0 spiro atoms. The lowest BCUT2D eigenvalue weighted by Gasteiger charge is -2.12. The largest absolute Gasteiger partial charge is 0.392 e. The Hall–Kier alpha value is -1.88. The Kier molecular flexibility index (Phi) is 3.57. The third kappa shape index (κ3) is 2.33. The maximum absolute atomic E-state index is 13.7. The molecule has 0 heterocycles. The molecule has 0 atom stereocenters. The minimum absolute atomic E-state index is 0.0594. The van der Waals surface area contributed by atoms with Gasteiger partial charge in [0.15, 0.2) is 23.3 Å². The van der Waals surface area contributed by atoms with Gasteiger partial charge in [-0.15, -0.1) is 0 Å². The summed E-state index contributed by atoms with van der Waals surface area (Å²) in [5.74, 6) is -5.89. The van der Waals surface area contributed by atoms with Gasteiger partial charge in [-0.25, -0.2) is 17.6 Å². The first-order valence-electron chi connectivity index (χ1n) is 5.49. The van der Waals surface area contributed by atoms with Crippen LogP contribution in [0.3, 0.4) is 0 Å². The van der Waals surface area contributed by atoms with Crippen molar-refractivity contribution in [2.75, 3.05) is 0 Å². The predicted molar refractivity (Wildman–Crippen MR) is 62.4 cm³/mol. The standard InChI is InChI=1S/C14H10F4O/c1-7-2-3-8(6-19)9(4-7)12-13(17)10(15)5-11(16)14(12)18/h2-5,19H,6H2,1H3. The van der Waals surface area contributed by atoms with Gasteiger partial charge in [0.2, 0.25) is 0 Å². The second-order valence-corrected chi connectivity index (χ2v) is 4.16. The molecule has 100 valence electrons. The summed E-state index contributed by atoms with van der Waals surface area (Å²) in [6.07, 6.45) is 0. The molecule has 0 radical (unpaired) electrons. The molecule has 0 unspecified atom stereocenters. The highest BCUT2D eigenvalue weighted by Crippen LogP contribution is 2.32. The molecule has 0 aliphatic rings. The van der Waals surface area contributed by atoms with Gasteiger partial charge < -0.3 is 5.11 Å². The van der Waals surface area contributed by atoms with Crippen LogP contribution < -0.4 is 0 Å². The van der Waals surface area contributed by atoms with E-state index in [1.165, 1.54) is 12.1 Å². The molecule has 5 heteroatoms. The predicted octanol–water partition coefficient (Wildman–Crippen LogP) is 3.71. The lowest BCUT2D eigenvalue weighted by Crippen LogP contribution is -2.01. The van der Waals surface area contributed by atoms with Gasteiger partial charge >= 0.3 is 0 Å². The number of aliphatic hydroxyl groups excluding tert-OH is 1.